The van der Waals surface area contributed by atoms with Crippen LogP contribution in [0, 0.1) is 0 Å². The molecule has 1 heterocycles. The molecule has 152 valence electrons. The van der Waals surface area contributed by atoms with E-state index in [9.17, 15) is 19.5 Å². The summed E-state index contributed by atoms with van der Waals surface area (Å²) in [7, 11) is 0. The smallest absolute Gasteiger partial charge is 0.410 e. The summed E-state index contributed by atoms with van der Waals surface area (Å²) in [5, 5.41) is 9.51. The molecule has 7 heteroatoms. The van der Waals surface area contributed by atoms with E-state index in [1.807, 2.05) is 27.7 Å². The van der Waals surface area contributed by atoms with Crippen molar-refractivity contribution in [3.8, 4) is 0 Å². The molecule has 28 heavy (non-hydrogen) atoms. The van der Waals surface area contributed by atoms with Gasteiger partial charge in [-0.15, -0.1) is 0 Å². The van der Waals surface area contributed by atoms with E-state index in [1.165, 1.54) is 0 Å². The molecule has 0 radical (unpaired) electrons. The van der Waals surface area contributed by atoms with Crippen molar-refractivity contribution in [2.75, 3.05) is 19.6 Å². The molecule has 0 bridgehead atoms. The summed E-state index contributed by atoms with van der Waals surface area (Å²) in [5.41, 5.74) is 0.775. The van der Waals surface area contributed by atoms with Gasteiger partial charge < -0.3 is 19.6 Å². The van der Waals surface area contributed by atoms with Crippen molar-refractivity contribution in [1.29, 1.82) is 0 Å². The summed E-state index contributed by atoms with van der Waals surface area (Å²) in [6, 6.07) is 4.73. The second-order valence-corrected chi connectivity index (χ2v) is 8.62. The molecular weight excluding hydrogens is 360 g/mol. The van der Waals surface area contributed by atoms with Crippen molar-refractivity contribution in [2.24, 2.45) is 0 Å². The number of benzene rings is 1. The Bertz CT molecular complexity index is 794. The molecule has 2 amide bonds. The maximum Gasteiger partial charge on any atom is 0.410 e. The predicted molar refractivity (Wildman–Crippen MR) is 104 cm³/mol. The Morgan fingerprint density at radius 3 is 2.29 bits per heavy atom. The standard InChI is InChI=1S/C21H28N2O5/c1-13-12-22(10-11-23(13)20(27)28-21(2,3)4)18(24)15-6-5-7-16(19(25)26)17(15)14-8-9-14/h5-7,13-14H,8-12H2,1-4H3,(H,25,26)/t13-/m1/s1. The number of carbonyl (C=O) groups excluding carboxylic acids is 2. The molecule has 1 aliphatic carbocycles. The molecular formula is C21H28N2O5. The Morgan fingerprint density at radius 2 is 1.75 bits per heavy atom. The predicted octanol–water partition coefficient (Wildman–Crippen LogP) is 3.34. The van der Waals surface area contributed by atoms with Gasteiger partial charge in [0.1, 0.15) is 5.60 Å². The number of aromatic carboxylic acids is 1. The van der Waals surface area contributed by atoms with Crippen LogP contribution in [0.3, 0.4) is 0 Å². The molecule has 3 rings (SSSR count). The van der Waals surface area contributed by atoms with E-state index in [0.29, 0.717) is 30.8 Å². The maximum atomic E-state index is 13.2. The molecule has 1 aromatic rings. The number of nitrogens with zero attached hydrogens (tertiary/aromatic N) is 2. The van der Waals surface area contributed by atoms with Gasteiger partial charge in [0.25, 0.3) is 5.91 Å². The third-order valence-corrected chi connectivity index (χ3v) is 5.10. The van der Waals surface area contributed by atoms with Crippen LogP contribution in [-0.2, 0) is 4.74 Å². The van der Waals surface area contributed by atoms with Crippen LogP contribution in [0.4, 0.5) is 4.79 Å². The van der Waals surface area contributed by atoms with E-state index in [0.717, 1.165) is 12.8 Å². The number of amides is 2. The summed E-state index contributed by atoms with van der Waals surface area (Å²) in [4.78, 5) is 40.5. The van der Waals surface area contributed by atoms with Crippen LogP contribution in [0.1, 0.15) is 72.7 Å². The largest absolute Gasteiger partial charge is 0.478 e. The highest BCUT2D eigenvalue weighted by molar-refractivity contribution is 6.00. The summed E-state index contributed by atoms with van der Waals surface area (Å²) in [6.07, 6.45) is 1.44. The highest BCUT2D eigenvalue weighted by Gasteiger charge is 2.36. The third-order valence-electron chi connectivity index (χ3n) is 5.10. The zero-order chi connectivity index (χ0) is 20.6. The summed E-state index contributed by atoms with van der Waals surface area (Å²) in [5.74, 6) is -1.02. The molecule has 1 N–H and O–H groups in total. The minimum absolute atomic E-state index is 0.145. The Kier molecular flexibility index (Phi) is 5.37. The number of hydrogen-bond acceptors (Lipinski definition) is 4. The number of carboxylic acid groups (broad SMARTS) is 1. The lowest BCUT2D eigenvalue weighted by Crippen LogP contribution is -2.56. The molecule has 1 aliphatic heterocycles. The lowest BCUT2D eigenvalue weighted by Gasteiger charge is -2.40. The number of rotatable bonds is 3. The van der Waals surface area contributed by atoms with Crippen molar-refractivity contribution in [3.05, 3.63) is 34.9 Å². The third kappa shape index (κ3) is 4.29. The first-order valence-electron chi connectivity index (χ1n) is 9.73. The molecule has 1 atom stereocenters. The van der Waals surface area contributed by atoms with Crippen molar-refractivity contribution in [3.63, 3.8) is 0 Å². The average molecular weight is 388 g/mol. The number of carbonyl (C=O) groups is 3. The van der Waals surface area contributed by atoms with E-state index < -0.39 is 11.6 Å². The van der Waals surface area contributed by atoms with Crippen molar-refractivity contribution >= 4 is 18.0 Å². The highest BCUT2D eigenvalue weighted by atomic mass is 16.6. The van der Waals surface area contributed by atoms with Crippen molar-refractivity contribution < 1.29 is 24.2 Å². The van der Waals surface area contributed by atoms with E-state index in [1.54, 1.807) is 28.0 Å². The monoisotopic (exact) mass is 388 g/mol. The zero-order valence-electron chi connectivity index (χ0n) is 16.9. The van der Waals surface area contributed by atoms with E-state index in [4.69, 9.17) is 4.74 Å². The number of piperazine rings is 1. The summed E-state index contributed by atoms with van der Waals surface area (Å²) < 4.78 is 5.45. The normalized spacial score (nSPS) is 20.1. The van der Waals surface area contributed by atoms with E-state index >= 15 is 0 Å². The van der Waals surface area contributed by atoms with Crippen LogP contribution in [0.15, 0.2) is 18.2 Å². The first-order valence-corrected chi connectivity index (χ1v) is 9.73. The minimum atomic E-state index is -1.00. The van der Waals surface area contributed by atoms with E-state index in [-0.39, 0.29) is 29.5 Å². The molecule has 0 unspecified atom stereocenters. The lowest BCUT2D eigenvalue weighted by molar-refractivity contribution is 0.00195. The quantitative estimate of drug-likeness (QED) is 0.858. The minimum Gasteiger partial charge on any atom is -0.478 e. The van der Waals surface area contributed by atoms with Crippen LogP contribution in [-0.4, -0.2) is 64.2 Å². The first kappa shape index (κ1) is 20.2. The molecule has 0 spiro atoms. The molecule has 2 aliphatic rings. The Balaban J connectivity index is 1.76. The lowest BCUT2D eigenvalue weighted by atomic mass is 9.95. The topological polar surface area (TPSA) is 87.2 Å². The molecule has 1 saturated heterocycles. The van der Waals surface area contributed by atoms with Crippen LogP contribution in [0.2, 0.25) is 0 Å². The van der Waals surface area contributed by atoms with Gasteiger partial charge in [0.2, 0.25) is 0 Å². The molecule has 2 fully saturated rings. The van der Waals surface area contributed by atoms with Gasteiger partial charge in [-0.1, -0.05) is 6.07 Å². The van der Waals surface area contributed by atoms with Crippen LogP contribution >= 0.6 is 0 Å². The zero-order valence-corrected chi connectivity index (χ0v) is 16.9. The fourth-order valence-electron chi connectivity index (χ4n) is 3.65. The fourth-order valence-corrected chi connectivity index (χ4v) is 3.65. The van der Waals surface area contributed by atoms with Crippen LogP contribution in [0.5, 0.6) is 0 Å². The number of hydrogen-bond donors (Lipinski definition) is 1. The Labute approximate surface area is 165 Å². The number of ether oxygens (including phenoxy) is 1. The van der Waals surface area contributed by atoms with Crippen molar-refractivity contribution in [2.45, 2.75) is 58.1 Å². The summed E-state index contributed by atoms with van der Waals surface area (Å²) in [6.45, 7) is 8.53. The van der Waals surface area contributed by atoms with E-state index in [2.05, 4.69) is 0 Å². The van der Waals surface area contributed by atoms with Gasteiger partial charge in [-0.05, 0) is 64.2 Å². The van der Waals surface area contributed by atoms with Gasteiger partial charge in [0, 0.05) is 31.2 Å². The van der Waals surface area contributed by atoms with Gasteiger partial charge in [-0.3, -0.25) is 4.79 Å². The SMILES string of the molecule is C[C@@H]1CN(C(=O)c2cccc(C(=O)O)c2C2CC2)CCN1C(=O)OC(C)(C)C. The molecule has 1 aromatic carbocycles. The molecule has 7 nitrogen and oxygen atoms in total. The Hall–Kier alpha value is -2.57. The summed E-state index contributed by atoms with van der Waals surface area (Å²) >= 11 is 0. The van der Waals surface area contributed by atoms with Gasteiger partial charge >= 0.3 is 12.1 Å². The number of carboxylic acids is 1. The average Bonchev–Trinajstić information content (AvgIpc) is 3.43. The van der Waals surface area contributed by atoms with Crippen LogP contribution < -0.4 is 0 Å². The van der Waals surface area contributed by atoms with Gasteiger partial charge in [-0.25, -0.2) is 9.59 Å². The highest BCUT2D eigenvalue weighted by Crippen LogP contribution is 2.43. The second-order valence-electron chi connectivity index (χ2n) is 8.62. The van der Waals surface area contributed by atoms with Crippen LogP contribution in [0.25, 0.3) is 0 Å². The molecule has 1 saturated carbocycles. The van der Waals surface area contributed by atoms with Gasteiger partial charge in [0.05, 0.1) is 5.56 Å². The molecule has 0 aromatic heterocycles. The Morgan fingerprint density at radius 1 is 1.11 bits per heavy atom. The maximum absolute atomic E-state index is 13.2. The van der Waals surface area contributed by atoms with Gasteiger partial charge in [-0.2, -0.15) is 0 Å². The van der Waals surface area contributed by atoms with Crippen molar-refractivity contribution in [1.82, 2.24) is 9.80 Å². The second kappa shape index (κ2) is 7.45. The van der Waals surface area contributed by atoms with Gasteiger partial charge in [0.15, 0.2) is 0 Å². The fraction of sp³-hybridized carbons (Fsp3) is 0.571. The first-order chi connectivity index (χ1) is 13.1.